The summed E-state index contributed by atoms with van der Waals surface area (Å²) in [6.45, 7) is 1.96. The van der Waals surface area contributed by atoms with E-state index in [1.807, 2.05) is 43.3 Å². The zero-order valence-corrected chi connectivity index (χ0v) is 20.3. The maximum absolute atomic E-state index is 12.7. The van der Waals surface area contributed by atoms with E-state index in [-0.39, 0.29) is 17.9 Å². The van der Waals surface area contributed by atoms with Crippen LogP contribution in [0, 0.1) is 0 Å². The molecule has 34 heavy (non-hydrogen) atoms. The van der Waals surface area contributed by atoms with Gasteiger partial charge in [0.1, 0.15) is 0 Å². The molecule has 0 saturated carbocycles. The van der Waals surface area contributed by atoms with Gasteiger partial charge in [-0.2, -0.15) is 5.21 Å². The van der Waals surface area contributed by atoms with Gasteiger partial charge in [-0.15, -0.1) is 10.2 Å². The third-order valence-corrected chi connectivity index (χ3v) is 6.46. The van der Waals surface area contributed by atoms with Crippen LogP contribution >= 0.6 is 0 Å². The Balaban J connectivity index is 2.00. The number of H-pyrrole nitrogens is 1. The summed E-state index contributed by atoms with van der Waals surface area (Å²) in [6, 6.07) is 11.5. The van der Waals surface area contributed by atoms with Gasteiger partial charge in [-0.1, -0.05) is 17.3 Å². The summed E-state index contributed by atoms with van der Waals surface area (Å²) >= 11 is 0. The van der Waals surface area contributed by atoms with Crippen LogP contribution in [0.5, 0.6) is 0 Å². The normalized spacial score (nSPS) is 15.0. The predicted molar refractivity (Wildman–Crippen MR) is 129 cm³/mol. The number of hydrogen-bond acceptors (Lipinski definition) is 6. The third kappa shape index (κ3) is 3.96. The molecule has 2 aromatic carbocycles. The Bertz CT molecular complexity index is 1140. The molecule has 0 unspecified atom stereocenters. The number of nitrogens with one attached hydrogen (secondary N) is 1. The van der Waals surface area contributed by atoms with Gasteiger partial charge in [0, 0.05) is 45.4 Å². The second kappa shape index (κ2) is 8.98. The summed E-state index contributed by atoms with van der Waals surface area (Å²) in [4.78, 5) is 28.6. The number of amides is 2. The molecule has 9 nitrogen and oxygen atoms in total. The number of nitrogens with zero attached hydrogens (tertiary/aromatic N) is 5. The number of aryl methyl sites for hydroxylation is 2. The van der Waals surface area contributed by atoms with E-state index in [9.17, 15) is 9.59 Å². The van der Waals surface area contributed by atoms with E-state index < -0.39 is 5.41 Å². The fraction of sp³-hybridized carbons (Fsp3) is 0.400. The molecule has 178 valence electrons. The van der Waals surface area contributed by atoms with Crippen molar-refractivity contribution in [2.75, 3.05) is 28.2 Å². The Kier molecular flexibility index (Phi) is 6.22. The van der Waals surface area contributed by atoms with Gasteiger partial charge in [0.2, 0.25) is 0 Å². The van der Waals surface area contributed by atoms with E-state index >= 15 is 0 Å². The number of nitrogens with two attached hydrogens (primary N) is 1. The Morgan fingerprint density at radius 1 is 0.971 bits per heavy atom. The Morgan fingerprint density at radius 2 is 1.47 bits per heavy atom. The van der Waals surface area contributed by atoms with Crippen molar-refractivity contribution in [1.29, 1.82) is 0 Å². The Morgan fingerprint density at radius 3 is 1.85 bits per heavy atom. The number of aromatic nitrogens is 4. The fourth-order valence-electron chi connectivity index (χ4n) is 5.01. The van der Waals surface area contributed by atoms with Crippen LogP contribution in [-0.4, -0.2) is 76.5 Å². The van der Waals surface area contributed by atoms with Crippen LogP contribution in [0.2, 0.25) is 0 Å². The van der Waals surface area contributed by atoms with Crippen molar-refractivity contribution >= 4 is 11.8 Å². The Hall–Kier alpha value is -3.59. The number of hydrogen-bond donors (Lipinski definition) is 2. The quantitative estimate of drug-likeness (QED) is 0.597. The van der Waals surface area contributed by atoms with Crippen molar-refractivity contribution in [3.63, 3.8) is 0 Å². The van der Waals surface area contributed by atoms with Crippen LogP contribution in [0.25, 0.3) is 0 Å². The SMILES string of the molecule is C[C@@H](N)CC1(c2nn[nH]n2)c2ccc(C(=O)N(C)C)cc2CCc2cc(C(=O)N(C)C)ccc21. The van der Waals surface area contributed by atoms with Crippen LogP contribution in [0.4, 0.5) is 0 Å². The molecule has 1 heterocycles. The number of benzene rings is 2. The van der Waals surface area contributed by atoms with Gasteiger partial charge >= 0.3 is 0 Å². The van der Waals surface area contributed by atoms with Crippen LogP contribution in [0.1, 0.15) is 62.1 Å². The van der Waals surface area contributed by atoms with E-state index in [0.29, 0.717) is 36.2 Å². The largest absolute Gasteiger partial charge is 0.345 e. The number of carbonyl (C=O) groups excluding carboxylic acids is 2. The molecule has 0 aliphatic heterocycles. The maximum atomic E-state index is 12.7. The van der Waals surface area contributed by atoms with E-state index in [0.717, 1.165) is 22.3 Å². The molecule has 0 saturated heterocycles. The average molecular weight is 462 g/mol. The summed E-state index contributed by atoms with van der Waals surface area (Å²) in [5, 5.41) is 15.3. The zero-order chi connectivity index (χ0) is 24.6. The lowest BCUT2D eigenvalue weighted by Crippen LogP contribution is -2.38. The zero-order valence-electron chi connectivity index (χ0n) is 20.3. The summed E-state index contributed by atoms with van der Waals surface area (Å²) in [5.74, 6) is 0.411. The topological polar surface area (TPSA) is 121 Å². The predicted octanol–water partition coefficient (Wildman–Crippen LogP) is 1.77. The average Bonchev–Trinajstić information content (AvgIpc) is 3.31. The first kappa shape index (κ1) is 23.6. The lowest BCUT2D eigenvalue weighted by molar-refractivity contribution is 0.0820. The summed E-state index contributed by atoms with van der Waals surface area (Å²) in [7, 11) is 6.97. The molecule has 1 aromatic heterocycles. The van der Waals surface area contributed by atoms with E-state index in [4.69, 9.17) is 5.73 Å². The van der Waals surface area contributed by atoms with Crippen LogP contribution in [-0.2, 0) is 18.3 Å². The smallest absolute Gasteiger partial charge is 0.253 e. The second-order valence-electron chi connectivity index (χ2n) is 9.47. The molecule has 0 fully saturated rings. The standard InChI is InChI=1S/C25H31N7O2/c1-15(26)14-25(24-27-29-30-28-24)20-10-8-18(22(33)31(2)3)12-16(20)6-7-17-13-19(9-11-21(17)25)23(34)32(4)5/h8-13,15H,6-7,14,26H2,1-5H3,(H,27,28,29,30)/t15-/m1/s1. The number of fused-ring (bicyclic) bond motifs is 2. The number of tetrazole rings is 1. The highest BCUT2D eigenvalue weighted by molar-refractivity contribution is 5.95. The van der Waals surface area contributed by atoms with Gasteiger partial charge in [-0.05, 0) is 72.7 Å². The van der Waals surface area contributed by atoms with E-state index in [1.165, 1.54) is 0 Å². The minimum atomic E-state index is -0.776. The first-order valence-electron chi connectivity index (χ1n) is 11.3. The van der Waals surface area contributed by atoms with Crippen molar-refractivity contribution in [2.45, 2.75) is 37.6 Å². The van der Waals surface area contributed by atoms with Gasteiger partial charge in [-0.25, -0.2) is 0 Å². The molecule has 3 aromatic rings. The van der Waals surface area contributed by atoms with Crippen LogP contribution < -0.4 is 5.73 Å². The van der Waals surface area contributed by atoms with E-state index in [2.05, 4.69) is 20.6 Å². The molecule has 0 radical (unpaired) electrons. The van der Waals surface area contributed by atoms with Crippen LogP contribution in [0.15, 0.2) is 36.4 Å². The molecule has 4 rings (SSSR count). The van der Waals surface area contributed by atoms with Gasteiger partial charge < -0.3 is 15.5 Å². The van der Waals surface area contributed by atoms with Crippen molar-refractivity contribution < 1.29 is 9.59 Å². The van der Waals surface area contributed by atoms with Crippen molar-refractivity contribution in [2.24, 2.45) is 5.73 Å². The lowest BCUT2D eigenvalue weighted by atomic mass is 9.68. The molecule has 1 aliphatic carbocycles. The highest BCUT2D eigenvalue weighted by Crippen LogP contribution is 2.46. The fourth-order valence-corrected chi connectivity index (χ4v) is 5.01. The monoisotopic (exact) mass is 461 g/mol. The summed E-state index contributed by atoms with van der Waals surface area (Å²) < 4.78 is 0. The van der Waals surface area contributed by atoms with Crippen LogP contribution in [0.3, 0.4) is 0 Å². The molecular formula is C25H31N7O2. The number of aromatic amines is 1. The second-order valence-corrected chi connectivity index (χ2v) is 9.47. The number of rotatable bonds is 5. The molecule has 9 heteroatoms. The summed E-state index contributed by atoms with van der Waals surface area (Å²) in [5.41, 5.74) is 11.0. The minimum Gasteiger partial charge on any atom is -0.345 e. The lowest BCUT2D eigenvalue weighted by Gasteiger charge is -2.35. The van der Waals surface area contributed by atoms with Crippen molar-refractivity contribution in [3.8, 4) is 0 Å². The molecule has 0 bridgehead atoms. The highest BCUT2D eigenvalue weighted by atomic mass is 16.2. The van der Waals surface area contributed by atoms with E-state index in [1.54, 1.807) is 38.0 Å². The highest BCUT2D eigenvalue weighted by Gasteiger charge is 2.45. The molecule has 1 atom stereocenters. The third-order valence-electron chi connectivity index (χ3n) is 6.46. The minimum absolute atomic E-state index is 0.0548. The van der Waals surface area contributed by atoms with Gasteiger partial charge in [-0.3, -0.25) is 9.59 Å². The van der Waals surface area contributed by atoms with Gasteiger partial charge in [0.15, 0.2) is 5.82 Å². The Labute approximate surface area is 199 Å². The molecule has 3 N–H and O–H groups in total. The first-order valence-corrected chi connectivity index (χ1v) is 11.3. The van der Waals surface area contributed by atoms with Crippen molar-refractivity contribution in [1.82, 2.24) is 30.4 Å². The first-order chi connectivity index (χ1) is 16.1. The molecule has 1 aliphatic rings. The maximum Gasteiger partial charge on any atom is 0.253 e. The number of carbonyl (C=O) groups is 2. The molecule has 2 amide bonds. The summed E-state index contributed by atoms with van der Waals surface area (Å²) in [6.07, 6.45) is 1.94. The molecular weight excluding hydrogens is 430 g/mol. The van der Waals surface area contributed by atoms with Gasteiger partial charge in [0.25, 0.3) is 11.8 Å². The van der Waals surface area contributed by atoms with Crippen molar-refractivity contribution in [3.05, 3.63) is 75.6 Å². The molecule has 0 spiro atoms. The van der Waals surface area contributed by atoms with Gasteiger partial charge in [0.05, 0.1) is 5.41 Å².